The fourth-order valence-corrected chi connectivity index (χ4v) is 2.11. The Bertz CT molecular complexity index is 585. The second-order valence-corrected chi connectivity index (χ2v) is 3.76. The van der Waals surface area contributed by atoms with Gasteiger partial charge in [-0.15, -0.1) is 0 Å². The molecule has 0 radical (unpaired) electrons. The zero-order chi connectivity index (χ0) is 11.1. The van der Waals surface area contributed by atoms with Crippen LogP contribution in [0.3, 0.4) is 0 Å². The van der Waals surface area contributed by atoms with E-state index in [1.165, 1.54) is 0 Å². The summed E-state index contributed by atoms with van der Waals surface area (Å²) in [6.45, 7) is 0. The fourth-order valence-electron chi connectivity index (χ4n) is 2.11. The molecule has 78 valence electrons. The van der Waals surface area contributed by atoms with Gasteiger partial charge in [-0.25, -0.2) is 0 Å². The van der Waals surface area contributed by atoms with Gasteiger partial charge in [0.2, 0.25) is 5.75 Å². The molecule has 16 heavy (non-hydrogen) atoms. The molecule has 0 fully saturated rings. The van der Waals surface area contributed by atoms with Crippen molar-refractivity contribution in [3.8, 4) is 16.9 Å². The van der Waals surface area contributed by atoms with E-state index in [0.717, 1.165) is 28.0 Å². The molecule has 0 saturated carbocycles. The number of ether oxygens (including phenoxy) is 1. The Labute approximate surface area is 93.5 Å². The van der Waals surface area contributed by atoms with Crippen LogP contribution in [-0.4, -0.2) is 10.5 Å². The normalized spacial score (nSPS) is 12.2. The Balaban J connectivity index is 2.29. The van der Waals surface area contributed by atoms with E-state index in [-0.39, 0.29) is 5.78 Å². The van der Waals surface area contributed by atoms with Crippen LogP contribution in [0.2, 0.25) is 0 Å². The van der Waals surface area contributed by atoms with Gasteiger partial charge in [0.05, 0.1) is 0 Å². The third-order valence-corrected chi connectivity index (χ3v) is 2.89. The highest BCUT2D eigenvalue weighted by atomic mass is 16.5. The molecule has 2 nitrogen and oxygen atoms in total. The first-order chi connectivity index (χ1) is 7.81. The van der Waals surface area contributed by atoms with Crippen LogP contribution in [0.5, 0.6) is 5.75 Å². The van der Waals surface area contributed by atoms with E-state index < -0.39 is 0 Å². The van der Waals surface area contributed by atoms with Crippen molar-refractivity contribution < 1.29 is 9.53 Å². The van der Waals surface area contributed by atoms with Crippen LogP contribution in [0.25, 0.3) is 11.1 Å². The summed E-state index contributed by atoms with van der Waals surface area (Å²) in [5.41, 5.74) is 3.51. The predicted octanol–water partition coefficient (Wildman–Crippen LogP) is 2.93. The summed E-state index contributed by atoms with van der Waals surface area (Å²) in [7, 11) is 3.47. The molecule has 0 aliphatic heterocycles. The van der Waals surface area contributed by atoms with E-state index in [1.807, 2.05) is 36.4 Å². The zero-order valence-corrected chi connectivity index (χ0v) is 8.60. The smallest absolute Gasteiger partial charge is 0.226 e. The van der Waals surface area contributed by atoms with Gasteiger partial charge >= 0.3 is 0 Å². The van der Waals surface area contributed by atoms with E-state index in [4.69, 9.17) is 0 Å². The first kappa shape index (κ1) is 9.16. The minimum absolute atomic E-state index is 0.0797. The highest BCUT2D eigenvalue weighted by Crippen LogP contribution is 2.37. The molecule has 0 unspecified atom stereocenters. The molecule has 0 aromatic heterocycles. The Hall–Kier alpha value is -2.09. The lowest BCUT2D eigenvalue weighted by Gasteiger charge is -2.04. The largest absolute Gasteiger partial charge is 0.722 e. The van der Waals surface area contributed by atoms with Crippen LogP contribution < -0.4 is 0 Å². The van der Waals surface area contributed by atoms with Crippen LogP contribution in [0.1, 0.15) is 15.9 Å². The van der Waals surface area contributed by atoms with Gasteiger partial charge in [0.1, 0.15) is 0 Å². The van der Waals surface area contributed by atoms with E-state index in [9.17, 15) is 4.79 Å². The van der Waals surface area contributed by atoms with E-state index in [2.05, 4.69) is 11.8 Å². The molecule has 0 saturated heterocycles. The predicted molar refractivity (Wildman–Crippen MR) is 62.3 cm³/mol. The second kappa shape index (κ2) is 3.20. The number of hydrogen-bond donors (Lipinski definition) is 0. The summed E-state index contributed by atoms with van der Waals surface area (Å²) in [4.78, 5) is 12.1. The summed E-state index contributed by atoms with van der Waals surface area (Å²) < 4.78 is 3.84. The van der Waals surface area contributed by atoms with Gasteiger partial charge < -0.3 is 4.74 Å². The number of carbonyl (C=O) groups is 1. The average Bonchev–Trinajstić information content (AvgIpc) is 2.64. The van der Waals surface area contributed by atoms with Crippen LogP contribution in [0.4, 0.5) is 0 Å². The third-order valence-electron chi connectivity index (χ3n) is 2.89. The number of hydrogen-bond acceptors (Lipinski definition) is 1. The van der Waals surface area contributed by atoms with Crippen molar-refractivity contribution in [2.45, 2.75) is 0 Å². The van der Waals surface area contributed by atoms with Crippen molar-refractivity contribution in [3.63, 3.8) is 0 Å². The van der Waals surface area contributed by atoms with Crippen LogP contribution >= 0.6 is 0 Å². The molecule has 0 amide bonds. The number of carbonyl (C=O) groups excluding carboxylic acids is 1. The topological polar surface area (TPSA) is 29.9 Å². The van der Waals surface area contributed by atoms with Gasteiger partial charge in [-0.05, 0) is 24.3 Å². The molecule has 0 heterocycles. The first-order valence-electron chi connectivity index (χ1n) is 5.06. The van der Waals surface area contributed by atoms with Gasteiger partial charge in [0.25, 0.3) is 0 Å². The second-order valence-electron chi connectivity index (χ2n) is 3.76. The quantitative estimate of drug-likeness (QED) is 0.448. The molecule has 2 aromatic carbocycles. The lowest BCUT2D eigenvalue weighted by atomic mass is 10.1. The summed E-state index contributed by atoms with van der Waals surface area (Å²) in [5, 5.41) is 0. The molecule has 1 aliphatic rings. The van der Waals surface area contributed by atoms with Crippen LogP contribution in [-0.2, 0) is 0 Å². The van der Waals surface area contributed by atoms with Gasteiger partial charge in [-0.3, -0.25) is 4.79 Å². The Kier molecular flexibility index (Phi) is 1.83. The Morgan fingerprint density at radius 1 is 0.875 bits per heavy atom. The van der Waals surface area contributed by atoms with Crippen LogP contribution in [0.15, 0.2) is 42.5 Å². The summed E-state index contributed by atoms with van der Waals surface area (Å²) in [5.74, 6) is 0.816. The summed E-state index contributed by atoms with van der Waals surface area (Å²) >= 11 is 0. The maximum absolute atomic E-state index is 12.1. The van der Waals surface area contributed by atoms with Crippen LogP contribution in [0, 0.1) is 7.11 Å². The SMILES string of the molecule is [CH2-][OH+]c1ccc2c(c1)C(=O)c1ccccc1-2. The summed E-state index contributed by atoms with van der Waals surface area (Å²) in [6, 6.07) is 13.3. The van der Waals surface area contributed by atoms with Crippen molar-refractivity contribution in [2.24, 2.45) is 0 Å². The number of aromatic hydroxyl groups is 1. The number of fused-ring (bicyclic) bond motifs is 3. The molecular weight excluding hydrogens is 200 g/mol. The number of rotatable bonds is 1. The third kappa shape index (κ3) is 1.10. The molecular formula is C14H10O2. The number of aliphatic hydroxyl groups is 1. The van der Waals surface area contributed by atoms with Crippen molar-refractivity contribution in [1.82, 2.24) is 0 Å². The van der Waals surface area contributed by atoms with Gasteiger partial charge in [0.15, 0.2) is 5.78 Å². The molecule has 1 N–H and O–H groups in total. The molecule has 0 bridgehead atoms. The monoisotopic (exact) mass is 210 g/mol. The van der Waals surface area contributed by atoms with Gasteiger partial charge in [-0.2, -0.15) is 0 Å². The first-order valence-corrected chi connectivity index (χ1v) is 5.06. The van der Waals surface area contributed by atoms with E-state index in [0.29, 0.717) is 0 Å². The van der Waals surface area contributed by atoms with E-state index in [1.54, 1.807) is 6.07 Å². The molecule has 0 spiro atoms. The van der Waals surface area contributed by atoms with Crippen molar-refractivity contribution >= 4 is 5.78 Å². The Morgan fingerprint density at radius 3 is 2.31 bits per heavy atom. The molecule has 2 aromatic rings. The maximum atomic E-state index is 12.1. The summed E-state index contributed by atoms with van der Waals surface area (Å²) in [6.07, 6.45) is 0. The molecule has 1 aliphatic carbocycles. The highest BCUT2D eigenvalue weighted by molar-refractivity contribution is 6.21. The molecule has 2 heteroatoms. The highest BCUT2D eigenvalue weighted by Gasteiger charge is 2.26. The lowest BCUT2D eigenvalue weighted by molar-refractivity contribution is 0.104. The minimum Gasteiger partial charge on any atom is -0.722 e. The Morgan fingerprint density at radius 2 is 1.56 bits per heavy atom. The minimum atomic E-state index is 0.0797. The van der Waals surface area contributed by atoms with Crippen molar-refractivity contribution in [3.05, 3.63) is 60.7 Å². The van der Waals surface area contributed by atoms with E-state index >= 15 is 0 Å². The van der Waals surface area contributed by atoms with Crippen molar-refractivity contribution in [2.75, 3.05) is 0 Å². The fraction of sp³-hybridized carbons (Fsp3) is 0. The van der Waals surface area contributed by atoms with Gasteiger partial charge in [-0.1, -0.05) is 24.3 Å². The average molecular weight is 210 g/mol. The molecule has 3 rings (SSSR count). The zero-order valence-electron chi connectivity index (χ0n) is 8.60. The van der Waals surface area contributed by atoms with Crippen molar-refractivity contribution in [1.29, 1.82) is 0 Å². The number of ketones is 1. The standard InChI is InChI=1S/C14H10O2/c1-16-9-6-7-11-10-4-2-3-5-12(10)14(15)13(11)8-9/h2-8,16H,1H2. The van der Waals surface area contributed by atoms with Gasteiger partial charge in [0, 0.05) is 23.3 Å². The molecule has 0 atom stereocenters. The number of benzene rings is 2. The maximum Gasteiger partial charge on any atom is 0.226 e. The lowest BCUT2D eigenvalue weighted by Crippen LogP contribution is -1.94.